The summed E-state index contributed by atoms with van der Waals surface area (Å²) in [6, 6.07) is 21.8. The average Bonchev–Trinajstić information content (AvgIpc) is 2.99. The summed E-state index contributed by atoms with van der Waals surface area (Å²) in [6.07, 6.45) is 1.72. The highest BCUT2D eigenvalue weighted by molar-refractivity contribution is 6.01. The van der Waals surface area contributed by atoms with Crippen LogP contribution in [0, 0.1) is 26.9 Å². The zero-order chi connectivity index (χ0) is 30.9. The van der Waals surface area contributed by atoms with Gasteiger partial charge in [-0.15, -0.1) is 0 Å². The molecule has 9 nitrogen and oxygen atoms in total. The molecule has 0 aromatic heterocycles. The topological polar surface area (TPSA) is 132 Å². The number of nitriles is 1. The number of Topliss-reactive ketones (excluding diaryl/α,β-unsaturated/α-hetero) is 1. The number of anilines is 1. The summed E-state index contributed by atoms with van der Waals surface area (Å²) in [5.41, 5.74) is 10.7. The Morgan fingerprint density at radius 1 is 1.12 bits per heavy atom. The van der Waals surface area contributed by atoms with Gasteiger partial charge < -0.3 is 15.2 Å². The van der Waals surface area contributed by atoms with Crippen LogP contribution in [0.1, 0.15) is 56.2 Å². The SMILES string of the molecule is CCc1ccc(OCc2cc([C@H]3C(C#N)=C(N)N(c4cccc([N+](=O)[O-])c4)C4=C3C(=O)CC(C)(C)C4)ccc2OC)cc1. The first-order valence-corrected chi connectivity index (χ1v) is 14.2. The van der Waals surface area contributed by atoms with E-state index in [4.69, 9.17) is 15.2 Å². The predicted molar refractivity (Wildman–Crippen MR) is 163 cm³/mol. The van der Waals surface area contributed by atoms with E-state index in [1.807, 2.05) is 56.3 Å². The summed E-state index contributed by atoms with van der Waals surface area (Å²) in [5, 5.41) is 22.0. The molecule has 3 aromatic carbocycles. The Morgan fingerprint density at radius 2 is 1.86 bits per heavy atom. The molecule has 0 fully saturated rings. The number of hydrogen-bond donors (Lipinski definition) is 1. The van der Waals surface area contributed by atoms with Crippen LogP contribution in [0.2, 0.25) is 0 Å². The molecule has 1 aliphatic heterocycles. The number of allylic oxidation sites excluding steroid dienone is 3. The summed E-state index contributed by atoms with van der Waals surface area (Å²) in [6.45, 7) is 6.31. The minimum Gasteiger partial charge on any atom is -0.496 e. The van der Waals surface area contributed by atoms with E-state index >= 15 is 0 Å². The van der Waals surface area contributed by atoms with Crippen LogP contribution in [0.3, 0.4) is 0 Å². The van der Waals surface area contributed by atoms with Gasteiger partial charge in [-0.05, 0) is 59.7 Å². The predicted octanol–water partition coefficient (Wildman–Crippen LogP) is 6.69. The van der Waals surface area contributed by atoms with Crippen LogP contribution >= 0.6 is 0 Å². The van der Waals surface area contributed by atoms with Gasteiger partial charge in [0.15, 0.2) is 5.78 Å². The van der Waals surface area contributed by atoms with Crippen LogP contribution in [-0.2, 0) is 17.8 Å². The summed E-state index contributed by atoms with van der Waals surface area (Å²) in [5.74, 6) is 0.667. The van der Waals surface area contributed by atoms with E-state index in [-0.39, 0.29) is 34.9 Å². The third-order valence-corrected chi connectivity index (χ3v) is 8.04. The smallest absolute Gasteiger partial charge is 0.271 e. The van der Waals surface area contributed by atoms with E-state index in [0.717, 1.165) is 12.0 Å². The van der Waals surface area contributed by atoms with Crippen molar-refractivity contribution in [3.8, 4) is 17.6 Å². The van der Waals surface area contributed by atoms with Crippen molar-refractivity contribution in [3.63, 3.8) is 0 Å². The number of aryl methyl sites for hydroxylation is 1. The van der Waals surface area contributed by atoms with Crippen LogP contribution in [-0.4, -0.2) is 17.8 Å². The minimum absolute atomic E-state index is 0.0865. The first kappa shape index (κ1) is 29.4. The van der Waals surface area contributed by atoms with Crippen molar-refractivity contribution in [3.05, 3.63) is 116 Å². The van der Waals surface area contributed by atoms with Gasteiger partial charge in [0.1, 0.15) is 23.9 Å². The Kier molecular flexibility index (Phi) is 7.96. The molecule has 5 rings (SSSR count). The fourth-order valence-electron chi connectivity index (χ4n) is 5.96. The van der Waals surface area contributed by atoms with Crippen molar-refractivity contribution < 1.29 is 19.2 Å². The highest BCUT2D eigenvalue weighted by Crippen LogP contribution is 2.50. The van der Waals surface area contributed by atoms with Crippen LogP contribution in [0.15, 0.2) is 89.4 Å². The first-order valence-electron chi connectivity index (χ1n) is 14.2. The van der Waals surface area contributed by atoms with Gasteiger partial charge in [-0.25, -0.2) is 0 Å². The van der Waals surface area contributed by atoms with E-state index in [9.17, 15) is 20.2 Å². The Bertz CT molecular complexity index is 1700. The van der Waals surface area contributed by atoms with E-state index in [0.29, 0.717) is 46.9 Å². The van der Waals surface area contributed by atoms with Crippen molar-refractivity contribution in [2.45, 2.75) is 52.6 Å². The highest BCUT2D eigenvalue weighted by atomic mass is 16.6. The molecule has 2 aliphatic rings. The molecule has 2 N–H and O–H groups in total. The van der Waals surface area contributed by atoms with Gasteiger partial charge in [-0.1, -0.05) is 45.0 Å². The normalized spacial score (nSPS) is 17.8. The molecule has 220 valence electrons. The van der Waals surface area contributed by atoms with Crippen LogP contribution < -0.4 is 20.1 Å². The second-order valence-electron chi connectivity index (χ2n) is 11.6. The molecule has 3 aromatic rings. The number of benzene rings is 3. The molecular weight excluding hydrogens is 544 g/mol. The molecule has 0 unspecified atom stereocenters. The van der Waals surface area contributed by atoms with E-state index < -0.39 is 10.8 Å². The second-order valence-corrected chi connectivity index (χ2v) is 11.6. The zero-order valence-corrected chi connectivity index (χ0v) is 24.7. The van der Waals surface area contributed by atoms with E-state index in [1.165, 1.54) is 17.7 Å². The number of carbonyl (C=O) groups excluding carboxylic acids is 1. The lowest BCUT2D eigenvalue weighted by atomic mass is 9.68. The monoisotopic (exact) mass is 578 g/mol. The number of non-ortho nitro benzene ring substituents is 1. The number of ether oxygens (including phenoxy) is 2. The van der Waals surface area contributed by atoms with Crippen LogP contribution in [0.5, 0.6) is 11.5 Å². The van der Waals surface area contributed by atoms with Crippen molar-refractivity contribution >= 4 is 17.2 Å². The maximum absolute atomic E-state index is 13.9. The van der Waals surface area contributed by atoms with Gasteiger partial charge in [-0.3, -0.25) is 19.8 Å². The molecule has 1 aliphatic carbocycles. The molecule has 1 heterocycles. The Balaban J connectivity index is 1.62. The third kappa shape index (κ3) is 5.69. The molecule has 0 radical (unpaired) electrons. The molecule has 0 saturated heterocycles. The summed E-state index contributed by atoms with van der Waals surface area (Å²) < 4.78 is 11.7. The van der Waals surface area contributed by atoms with Crippen molar-refractivity contribution in [1.82, 2.24) is 0 Å². The Morgan fingerprint density at radius 3 is 2.51 bits per heavy atom. The van der Waals surface area contributed by atoms with Gasteiger partial charge in [0, 0.05) is 35.4 Å². The van der Waals surface area contributed by atoms with Gasteiger partial charge in [0.25, 0.3) is 5.69 Å². The quantitative estimate of drug-likeness (QED) is 0.231. The summed E-state index contributed by atoms with van der Waals surface area (Å²) >= 11 is 0. The standard InChI is InChI=1S/C34H34N4O5/c1-5-21-9-12-26(13-10-21)43-20-23-15-22(11-14-30(23)42-4)31-27(19-35)33(36)37(24-7-6-8-25(16-24)38(40)41)28-17-34(2,3)18-29(39)32(28)31/h6-16,31H,5,17-18,20,36H2,1-4H3/t31-/m0/s1. The van der Waals surface area contributed by atoms with Crippen molar-refractivity contribution in [2.75, 3.05) is 12.0 Å². The molecule has 0 spiro atoms. The van der Waals surface area contributed by atoms with Gasteiger partial charge >= 0.3 is 0 Å². The molecule has 1 atom stereocenters. The first-order chi connectivity index (χ1) is 20.6. The fourth-order valence-corrected chi connectivity index (χ4v) is 5.96. The van der Waals surface area contributed by atoms with Crippen molar-refractivity contribution in [1.29, 1.82) is 5.26 Å². The number of ketones is 1. The number of carbonyl (C=O) groups is 1. The lowest BCUT2D eigenvalue weighted by Gasteiger charge is -2.43. The third-order valence-electron chi connectivity index (χ3n) is 8.04. The molecule has 0 saturated carbocycles. The number of nitro groups is 1. The summed E-state index contributed by atoms with van der Waals surface area (Å²) in [4.78, 5) is 26.6. The number of methoxy groups -OCH3 is 1. The van der Waals surface area contributed by atoms with Crippen LogP contribution in [0.4, 0.5) is 11.4 Å². The minimum atomic E-state index is -0.716. The number of nitrogens with two attached hydrogens (primary N) is 1. The highest BCUT2D eigenvalue weighted by Gasteiger charge is 2.45. The van der Waals surface area contributed by atoms with Gasteiger partial charge in [0.05, 0.1) is 35.3 Å². The van der Waals surface area contributed by atoms with E-state index in [2.05, 4.69) is 13.0 Å². The zero-order valence-electron chi connectivity index (χ0n) is 24.7. The van der Waals surface area contributed by atoms with Crippen molar-refractivity contribution in [2.24, 2.45) is 11.1 Å². The lowest BCUT2D eigenvalue weighted by Crippen LogP contribution is -2.42. The number of hydrogen-bond acceptors (Lipinski definition) is 8. The Labute approximate surface area is 251 Å². The lowest BCUT2D eigenvalue weighted by molar-refractivity contribution is -0.384. The maximum atomic E-state index is 13.9. The largest absolute Gasteiger partial charge is 0.496 e. The fraction of sp³-hybridized carbons (Fsp3) is 0.294. The molecule has 9 heteroatoms. The maximum Gasteiger partial charge on any atom is 0.271 e. The Hall–Kier alpha value is -5.10. The number of rotatable bonds is 8. The van der Waals surface area contributed by atoms with Gasteiger partial charge in [-0.2, -0.15) is 5.26 Å². The van der Waals surface area contributed by atoms with E-state index in [1.54, 1.807) is 24.1 Å². The second kappa shape index (κ2) is 11.6. The number of nitro benzene ring substituents is 1. The van der Waals surface area contributed by atoms with Crippen LogP contribution in [0.25, 0.3) is 0 Å². The van der Waals surface area contributed by atoms with Gasteiger partial charge in [0.2, 0.25) is 0 Å². The molecule has 0 amide bonds. The summed E-state index contributed by atoms with van der Waals surface area (Å²) in [7, 11) is 1.58. The molecule has 43 heavy (non-hydrogen) atoms. The number of nitrogens with zero attached hydrogens (tertiary/aromatic N) is 3. The molecule has 0 bridgehead atoms. The molecular formula is C34H34N4O5. The average molecular weight is 579 g/mol.